The maximum absolute atomic E-state index is 6.08. The second kappa shape index (κ2) is 4.24. The van der Waals surface area contributed by atoms with E-state index in [4.69, 9.17) is 5.73 Å². The summed E-state index contributed by atoms with van der Waals surface area (Å²) in [5.41, 5.74) is 6.28. The van der Waals surface area contributed by atoms with Crippen LogP contribution < -0.4 is 11.1 Å². The summed E-state index contributed by atoms with van der Waals surface area (Å²) in [5, 5.41) is 3.43. The molecule has 0 spiro atoms. The summed E-state index contributed by atoms with van der Waals surface area (Å²) in [6.45, 7) is 6.67. The molecule has 0 unspecified atom stereocenters. The Morgan fingerprint density at radius 2 is 2.08 bits per heavy atom. The minimum absolute atomic E-state index is 0.198. The largest absolute Gasteiger partial charge is 0.325 e. The van der Waals surface area contributed by atoms with E-state index in [1.54, 1.807) is 0 Å². The summed E-state index contributed by atoms with van der Waals surface area (Å²) in [5.74, 6) is 0.750. The Hall–Kier alpha value is -0.0800. The lowest BCUT2D eigenvalue weighted by atomic mass is 9.75. The van der Waals surface area contributed by atoms with Crippen LogP contribution in [0, 0.1) is 5.92 Å². The Kier molecular flexibility index (Phi) is 3.53. The second-order valence-electron chi connectivity index (χ2n) is 4.56. The zero-order valence-corrected chi connectivity index (χ0v) is 8.40. The molecule has 1 saturated carbocycles. The van der Waals surface area contributed by atoms with Gasteiger partial charge in [0.2, 0.25) is 0 Å². The molecule has 0 bridgehead atoms. The van der Waals surface area contributed by atoms with Gasteiger partial charge in [-0.15, -0.1) is 0 Å². The van der Waals surface area contributed by atoms with Crippen molar-refractivity contribution in [3.8, 4) is 0 Å². The monoisotopic (exact) mass is 170 g/mol. The van der Waals surface area contributed by atoms with Crippen molar-refractivity contribution < 1.29 is 0 Å². The van der Waals surface area contributed by atoms with Gasteiger partial charge in [-0.2, -0.15) is 0 Å². The molecule has 0 radical (unpaired) electrons. The molecule has 1 aliphatic carbocycles. The molecule has 0 aliphatic heterocycles. The molecule has 0 aromatic rings. The summed E-state index contributed by atoms with van der Waals surface area (Å²) >= 11 is 0. The minimum atomic E-state index is 0.198. The molecule has 1 fully saturated rings. The van der Waals surface area contributed by atoms with Crippen LogP contribution >= 0.6 is 0 Å². The van der Waals surface area contributed by atoms with E-state index < -0.39 is 0 Å². The minimum Gasteiger partial charge on any atom is -0.325 e. The first kappa shape index (κ1) is 10.0. The molecule has 0 atom stereocenters. The van der Waals surface area contributed by atoms with Crippen LogP contribution in [-0.2, 0) is 0 Å². The van der Waals surface area contributed by atoms with Crippen LogP contribution in [-0.4, -0.2) is 18.6 Å². The third-order valence-corrected chi connectivity index (χ3v) is 2.70. The Morgan fingerprint density at radius 1 is 1.42 bits per heavy atom. The summed E-state index contributed by atoms with van der Waals surface area (Å²) in [4.78, 5) is 0. The van der Waals surface area contributed by atoms with Crippen molar-refractivity contribution in [2.45, 2.75) is 45.1 Å². The molecule has 0 amide bonds. The smallest absolute Gasteiger partial charge is 0.0166 e. The summed E-state index contributed by atoms with van der Waals surface area (Å²) in [6.07, 6.45) is 4.95. The molecule has 2 nitrogen and oxygen atoms in total. The van der Waals surface area contributed by atoms with Crippen molar-refractivity contribution in [2.75, 3.05) is 13.1 Å². The molecular weight excluding hydrogens is 148 g/mol. The van der Waals surface area contributed by atoms with Gasteiger partial charge in [0.25, 0.3) is 0 Å². The average molecular weight is 170 g/mol. The fraction of sp³-hybridized carbons (Fsp3) is 1.00. The molecule has 72 valence electrons. The van der Waals surface area contributed by atoms with E-state index in [0.29, 0.717) is 0 Å². The lowest BCUT2D eigenvalue weighted by Crippen LogP contribution is -2.48. The van der Waals surface area contributed by atoms with Crippen LogP contribution in [0.25, 0.3) is 0 Å². The summed E-state index contributed by atoms with van der Waals surface area (Å²) < 4.78 is 0. The van der Waals surface area contributed by atoms with Crippen molar-refractivity contribution in [3.63, 3.8) is 0 Å². The third-order valence-electron chi connectivity index (χ3n) is 2.70. The highest BCUT2D eigenvalue weighted by molar-refractivity contribution is 4.92. The van der Waals surface area contributed by atoms with E-state index in [1.165, 1.54) is 19.3 Å². The Balaban J connectivity index is 1.95. The Bertz CT molecular complexity index is 128. The molecule has 1 rings (SSSR count). The fourth-order valence-electron chi connectivity index (χ4n) is 1.61. The lowest BCUT2D eigenvalue weighted by molar-refractivity contribution is 0.229. The molecule has 12 heavy (non-hydrogen) atoms. The van der Waals surface area contributed by atoms with Gasteiger partial charge in [0.1, 0.15) is 0 Å². The first-order valence-corrected chi connectivity index (χ1v) is 5.12. The fourth-order valence-corrected chi connectivity index (χ4v) is 1.61. The van der Waals surface area contributed by atoms with E-state index in [-0.39, 0.29) is 5.54 Å². The predicted octanol–water partition coefficient (Wildman–Crippen LogP) is 1.50. The first-order chi connectivity index (χ1) is 5.62. The predicted molar refractivity (Wildman–Crippen MR) is 53.1 cm³/mol. The molecule has 0 aromatic carbocycles. The summed E-state index contributed by atoms with van der Waals surface area (Å²) in [7, 11) is 0. The molecule has 3 N–H and O–H groups in total. The highest BCUT2D eigenvalue weighted by Gasteiger charge is 2.31. The van der Waals surface area contributed by atoms with Crippen molar-refractivity contribution in [1.29, 1.82) is 0 Å². The number of rotatable bonds is 5. The van der Waals surface area contributed by atoms with E-state index in [9.17, 15) is 0 Å². The van der Waals surface area contributed by atoms with Gasteiger partial charge in [-0.3, -0.25) is 0 Å². The van der Waals surface area contributed by atoms with Crippen LogP contribution in [0.1, 0.15) is 39.5 Å². The molecule has 0 saturated heterocycles. The van der Waals surface area contributed by atoms with Gasteiger partial charge >= 0.3 is 0 Å². The lowest BCUT2D eigenvalue weighted by Gasteiger charge is -2.38. The van der Waals surface area contributed by atoms with Crippen LogP contribution in [0.15, 0.2) is 0 Å². The molecular formula is C10H22N2. The highest BCUT2D eigenvalue weighted by Crippen LogP contribution is 2.31. The molecule has 0 heterocycles. The van der Waals surface area contributed by atoms with Gasteiger partial charge in [-0.25, -0.2) is 0 Å². The van der Waals surface area contributed by atoms with E-state index in [2.05, 4.69) is 19.2 Å². The van der Waals surface area contributed by atoms with Crippen LogP contribution in [0.2, 0.25) is 0 Å². The van der Waals surface area contributed by atoms with Crippen LogP contribution in [0.4, 0.5) is 0 Å². The van der Waals surface area contributed by atoms with Gasteiger partial charge in [-0.1, -0.05) is 13.8 Å². The van der Waals surface area contributed by atoms with Crippen LogP contribution in [0.5, 0.6) is 0 Å². The average Bonchev–Trinajstić information content (AvgIpc) is 1.94. The van der Waals surface area contributed by atoms with Gasteiger partial charge in [0.05, 0.1) is 0 Å². The maximum atomic E-state index is 6.08. The first-order valence-electron chi connectivity index (χ1n) is 5.12. The van der Waals surface area contributed by atoms with E-state index in [1.807, 2.05) is 0 Å². The Labute approximate surface area is 75.9 Å². The van der Waals surface area contributed by atoms with Crippen molar-refractivity contribution in [3.05, 3.63) is 0 Å². The zero-order chi connectivity index (χ0) is 9.03. The third kappa shape index (κ3) is 3.11. The van der Waals surface area contributed by atoms with Gasteiger partial charge in [0, 0.05) is 5.54 Å². The van der Waals surface area contributed by atoms with Crippen molar-refractivity contribution in [2.24, 2.45) is 11.7 Å². The standard InChI is InChI=1S/C10H22N2/c1-9(2)8-12-7-6-10(11)4-3-5-10/h9,12H,3-8,11H2,1-2H3. The van der Waals surface area contributed by atoms with E-state index >= 15 is 0 Å². The quantitative estimate of drug-likeness (QED) is 0.614. The van der Waals surface area contributed by atoms with Gasteiger partial charge in [0.15, 0.2) is 0 Å². The summed E-state index contributed by atoms with van der Waals surface area (Å²) in [6, 6.07) is 0. The zero-order valence-electron chi connectivity index (χ0n) is 8.40. The molecule has 0 aromatic heterocycles. The van der Waals surface area contributed by atoms with Crippen LogP contribution in [0.3, 0.4) is 0 Å². The number of nitrogens with one attached hydrogen (secondary N) is 1. The highest BCUT2D eigenvalue weighted by atomic mass is 14.9. The maximum Gasteiger partial charge on any atom is 0.0166 e. The van der Waals surface area contributed by atoms with Gasteiger partial charge < -0.3 is 11.1 Å². The van der Waals surface area contributed by atoms with Crippen molar-refractivity contribution in [1.82, 2.24) is 5.32 Å². The number of nitrogens with two attached hydrogens (primary N) is 1. The number of hydrogen-bond donors (Lipinski definition) is 2. The van der Waals surface area contributed by atoms with Crippen molar-refractivity contribution >= 4 is 0 Å². The molecule has 1 aliphatic rings. The Morgan fingerprint density at radius 3 is 2.50 bits per heavy atom. The van der Waals surface area contributed by atoms with E-state index in [0.717, 1.165) is 25.4 Å². The SMILES string of the molecule is CC(C)CNCCC1(N)CCC1. The topological polar surface area (TPSA) is 38.0 Å². The van der Waals surface area contributed by atoms with Gasteiger partial charge in [-0.05, 0) is 44.7 Å². The molecule has 2 heteroatoms. The second-order valence-corrected chi connectivity index (χ2v) is 4.56. The normalized spacial score (nSPS) is 21.0. The number of hydrogen-bond acceptors (Lipinski definition) is 2.